The number of nitrogens with one attached hydrogen (secondary N) is 1. The number of fused-ring (bicyclic) bond motifs is 1. The van der Waals surface area contributed by atoms with Crippen LogP contribution in [-0.4, -0.2) is 36.8 Å². The first-order chi connectivity index (χ1) is 12.2. The Morgan fingerprint density at radius 2 is 2.15 bits per heavy atom. The maximum absolute atomic E-state index is 13.2. The molecule has 138 valence electrons. The van der Waals surface area contributed by atoms with Gasteiger partial charge in [-0.15, -0.1) is 0 Å². The highest BCUT2D eigenvalue weighted by molar-refractivity contribution is 9.10. The van der Waals surface area contributed by atoms with E-state index in [1.807, 2.05) is 0 Å². The van der Waals surface area contributed by atoms with Crippen LogP contribution in [0.3, 0.4) is 0 Å². The summed E-state index contributed by atoms with van der Waals surface area (Å²) in [6, 6.07) is 0.841. The molecule has 3 aromatic heterocycles. The van der Waals surface area contributed by atoms with Crippen LogP contribution in [0.15, 0.2) is 22.9 Å². The second kappa shape index (κ2) is 6.88. The van der Waals surface area contributed by atoms with Crippen molar-refractivity contribution < 1.29 is 18.0 Å². The molecule has 0 aromatic carbocycles. The first-order valence-corrected chi connectivity index (χ1v) is 8.43. The lowest BCUT2D eigenvalue weighted by atomic mass is 10.3. The van der Waals surface area contributed by atoms with E-state index in [0.717, 1.165) is 10.5 Å². The zero-order chi connectivity index (χ0) is 19.1. The molecule has 12 heteroatoms. The lowest BCUT2D eigenvalue weighted by Gasteiger charge is -2.09. The van der Waals surface area contributed by atoms with Crippen molar-refractivity contribution in [3.8, 4) is 0 Å². The Kier molecular flexibility index (Phi) is 4.93. The number of nitrogens with zero attached hydrogens (tertiary/aromatic N) is 5. The molecule has 0 aliphatic heterocycles. The largest absolute Gasteiger partial charge is 0.433 e. The molecule has 0 atom stereocenters. The molecular weight excluding hydrogens is 441 g/mol. The Morgan fingerprint density at radius 3 is 2.77 bits per heavy atom. The zero-order valence-corrected chi connectivity index (χ0v) is 15.5. The molecule has 3 heterocycles. The fourth-order valence-electron chi connectivity index (χ4n) is 2.29. The average Bonchev–Trinajstić information content (AvgIpc) is 3.10. The van der Waals surface area contributed by atoms with Crippen LogP contribution in [0.25, 0.3) is 5.65 Å². The summed E-state index contributed by atoms with van der Waals surface area (Å²) in [5, 5.41) is 10.0. The topological polar surface area (TPSA) is 77.1 Å². The quantitative estimate of drug-likeness (QED) is 0.661. The van der Waals surface area contributed by atoms with Gasteiger partial charge in [-0.1, -0.05) is 11.6 Å². The average molecular weight is 452 g/mol. The smallest absolute Gasteiger partial charge is 0.349 e. The molecular formula is C14H11BrClF3N6O. The van der Waals surface area contributed by atoms with E-state index in [9.17, 15) is 18.0 Å². The van der Waals surface area contributed by atoms with E-state index in [1.165, 1.54) is 6.92 Å². The van der Waals surface area contributed by atoms with Gasteiger partial charge in [0.25, 0.3) is 5.91 Å². The monoisotopic (exact) mass is 450 g/mol. The third-order valence-electron chi connectivity index (χ3n) is 3.39. The van der Waals surface area contributed by atoms with Crippen molar-refractivity contribution in [2.24, 2.45) is 0 Å². The van der Waals surface area contributed by atoms with Crippen molar-refractivity contribution in [2.45, 2.75) is 19.6 Å². The van der Waals surface area contributed by atoms with Gasteiger partial charge in [0, 0.05) is 18.4 Å². The highest BCUT2D eigenvalue weighted by Gasteiger charge is 2.36. The summed E-state index contributed by atoms with van der Waals surface area (Å²) in [5.74, 6) is -0.697. The minimum atomic E-state index is -4.66. The SMILES string of the molecule is Cc1cc(C(F)(F)F)n2nc(C(=O)NCCn3cc(Br)cn3)c(Cl)c2n1. The van der Waals surface area contributed by atoms with Crippen molar-refractivity contribution in [1.29, 1.82) is 0 Å². The van der Waals surface area contributed by atoms with Crippen molar-refractivity contribution in [2.75, 3.05) is 6.54 Å². The summed E-state index contributed by atoms with van der Waals surface area (Å²) in [7, 11) is 0. The first kappa shape index (κ1) is 18.6. The number of halogens is 5. The number of aromatic nitrogens is 5. The van der Waals surface area contributed by atoms with Crippen LogP contribution in [0, 0.1) is 6.92 Å². The lowest BCUT2D eigenvalue weighted by molar-refractivity contribution is -0.142. The van der Waals surface area contributed by atoms with Crippen LogP contribution in [0.1, 0.15) is 21.9 Å². The Hall–Kier alpha value is -2.14. The molecule has 3 rings (SSSR count). The number of alkyl halides is 3. The van der Waals surface area contributed by atoms with Crippen molar-refractivity contribution in [3.63, 3.8) is 0 Å². The number of carbonyl (C=O) groups is 1. The van der Waals surface area contributed by atoms with E-state index in [2.05, 4.69) is 36.4 Å². The van der Waals surface area contributed by atoms with Gasteiger partial charge in [-0.3, -0.25) is 9.48 Å². The maximum atomic E-state index is 13.2. The summed E-state index contributed by atoms with van der Waals surface area (Å²) in [6.45, 7) is 1.96. The summed E-state index contributed by atoms with van der Waals surface area (Å²) < 4.78 is 42.5. The minimum absolute atomic E-state index is 0.114. The third kappa shape index (κ3) is 3.68. The molecule has 0 aliphatic rings. The molecule has 0 saturated carbocycles. The van der Waals surface area contributed by atoms with Gasteiger partial charge < -0.3 is 5.32 Å². The molecule has 0 unspecified atom stereocenters. The van der Waals surface area contributed by atoms with Gasteiger partial charge in [0.05, 0.1) is 17.2 Å². The number of rotatable bonds is 4. The molecule has 0 saturated heterocycles. The number of hydrogen-bond donors (Lipinski definition) is 1. The van der Waals surface area contributed by atoms with E-state index in [-0.39, 0.29) is 28.6 Å². The number of hydrogen-bond acceptors (Lipinski definition) is 4. The van der Waals surface area contributed by atoms with Crippen molar-refractivity contribution in [1.82, 2.24) is 29.7 Å². The van der Waals surface area contributed by atoms with E-state index in [4.69, 9.17) is 11.6 Å². The van der Waals surface area contributed by atoms with Crippen LogP contribution in [0.5, 0.6) is 0 Å². The van der Waals surface area contributed by atoms with E-state index in [0.29, 0.717) is 11.1 Å². The van der Waals surface area contributed by atoms with Gasteiger partial charge in [-0.05, 0) is 28.9 Å². The fraction of sp³-hybridized carbons (Fsp3) is 0.286. The minimum Gasteiger partial charge on any atom is -0.349 e. The number of amides is 1. The van der Waals surface area contributed by atoms with Gasteiger partial charge in [0.1, 0.15) is 10.7 Å². The molecule has 0 bridgehead atoms. The second-order valence-electron chi connectivity index (χ2n) is 5.36. The molecule has 0 radical (unpaired) electrons. The van der Waals surface area contributed by atoms with Gasteiger partial charge in [0.15, 0.2) is 11.3 Å². The summed E-state index contributed by atoms with van der Waals surface area (Å²) >= 11 is 9.30. The summed E-state index contributed by atoms with van der Waals surface area (Å²) in [6.07, 6.45) is -1.36. The molecule has 3 aromatic rings. The highest BCUT2D eigenvalue weighted by Crippen LogP contribution is 2.32. The van der Waals surface area contributed by atoms with E-state index in [1.54, 1.807) is 17.1 Å². The summed E-state index contributed by atoms with van der Waals surface area (Å²) in [4.78, 5) is 16.2. The van der Waals surface area contributed by atoms with Crippen LogP contribution < -0.4 is 5.32 Å². The predicted octanol–water partition coefficient (Wildman–Crippen LogP) is 3.10. The van der Waals surface area contributed by atoms with E-state index >= 15 is 0 Å². The lowest BCUT2D eigenvalue weighted by Crippen LogP contribution is -2.28. The Morgan fingerprint density at radius 1 is 1.42 bits per heavy atom. The number of aryl methyl sites for hydroxylation is 1. The standard InChI is InChI=1S/C14H11BrClF3N6O/c1-7-4-9(14(17,18)19)25-12(22-7)10(16)11(23-25)13(26)20-2-3-24-6-8(15)5-21-24/h4-6H,2-3H2,1H3,(H,20,26). The van der Waals surface area contributed by atoms with Crippen molar-refractivity contribution in [3.05, 3.63) is 45.0 Å². The van der Waals surface area contributed by atoms with Crippen LogP contribution in [0.4, 0.5) is 13.2 Å². The van der Waals surface area contributed by atoms with Gasteiger partial charge >= 0.3 is 6.18 Å². The second-order valence-corrected chi connectivity index (χ2v) is 6.65. The highest BCUT2D eigenvalue weighted by atomic mass is 79.9. The zero-order valence-electron chi connectivity index (χ0n) is 13.2. The summed E-state index contributed by atoms with van der Waals surface area (Å²) in [5.41, 5.74) is -1.48. The molecule has 1 N–H and O–H groups in total. The van der Waals surface area contributed by atoms with E-state index < -0.39 is 17.8 Å². The Labute approximate surface area is 158 Å². The third-order valence-corrected chi connectivity index (χ3v) is 4.15. The first-order valence-electron chi connectivity index (χ1n) is 7.26. The van der Waals surface area contributed by atoms with Gasteiger partial charge in [-0.25, -0.2) is 9.50 Å². The van der Waals surface area contributed by atoms with Crippen LogP contribution in [0.2, 0.25) is 5.02 Å². The normalized spacial score (nSPS) is 11.9. The fourth-order valence-corrected chi connectivity index (χ4v) is 2.86. The van der Waals surface area contributed by atoms with Crippen molar-refractivity contribution >= 4 is 39.1 Å². The molecule has 0 fully saturated rings. The van der Waals surface area contributed by atoms with Crippen LogP contribution >= 0.6 is 27.5 Å². The molecule has 1 amide bonds. The molecule has 7 nitrogen and oxygen atoms in total. The Bertz CT molecular complexity index is 983. The predicted molar refractivity (Wildman–Crippen MR) is 90.0 cm³/mol. The van der Waals surface area contributed by atoms with Crippen LogP contribution in [-0.2, 0) is 12.7 Å². The van der Waals surface area contributed by atoms with Gasteiger partial charge in [-0.2, -0.15) is 23.4 Å². The van der Waals surface area contributed by atoms with Gasteiger partial charge in [0.2, 0.25) is 0 Å². The molecule has 0 aliphatic carbocycles. The Balaban J connectivity index is 1.85. The molecule has 0 spiro atoms. The number of carbonyl (C=O) groups excluding carboxylic acids is 1. The molecule has 26 heavy (non-hydrogen) atoms. The maximum Gasteiger partial charge on any atom is 0.433 e.